The summed E-state index contributed by atoms with van der Waals surface area (Å²) in [7, 11) is 0. The van der Waals surface area contributed by atoms with E-state index >= 15 is 0 Å². The lowest BCUT2D eigenvalue weighted by atomic mass is 9.80. The van der Waals surface area contributed by atoms with Gasteiger partial charge in [0.25, 0.3) is 0 Å². The molecule has 1 aromatic rings. The quantitative estimate of drug-likeness (QED) is 0.859. The first-order chi connectivity index (χ1) is 9.19. The third-order valence-electron chi connectivity index (χ3n) is 3.99. The third-order valence-corrected chi connectivity index (χ3v) is 3.99. The minimum absolute atomic E-state index is 0.131. The summed E-state index contributed by atoms with van der Waals surface area (Å²) in [5.74, 6) is 2.54. The molecule has 0 atom stereocenters. The first-order valence-electron chi connectivity index (χ1n) is 7.13. The van der Waals surface area contributed by atoms with Gasteiger partial charge in [-0.3, -0.25) is 4.79 Å². The predicted molar refractivity (Wildman–Crippen MR) is 72.4 cm³/mol. The van der Waals surface area contributed by atoms with Crippen molar-refractivity contribution in [2.45, 2.75) is 45.6 Å². The van der Waals surface area contributed by atoms with Gasteiger partial charge in [-0.25, -0.2) is 0 Å². The zero-order valence-electron chi connectivity index (χ0n) is 11.5. The molecule has 0 aromatic carbocycles. The molecule has 2 N–H and O–H groups in total. The maximum absolute atomic E-state index is 12.0. The van der Waals surface area contributed by atoms with E-state index in [0.29, 0.717) is 12.5 Å². The molecular formula is C15H23NO3. The molecule has 0 unspecified atom stereocenters. The van der Waals surface area contributed by atoms with Crippen LogP contribution in [0.2, 0.25) is 0 Å². The molecule has 0 bridgehead atoms. The maximum atomic E-state index is 12.0. The summed E-state index contributed by atoms with van der Waals surface area (Å²) in [6, 6.07) is 3.80. The van der Waals surface area contributed by atoms with Gasteiger partial charge in [-0.05, 0) is 57.1 Å². The molecule has 1 saturated carbocycles. The van der Waals surface area contributed by atoms with Crippen LogP contribution in [-0.2, 0) is 11.3 Å². The number of nitrogens with one attached hydrogen (secondary N) is 1. The highest BCUT2D eigenvalue weighted by atomic mass is 16.3. The number of aliphatic hydroxyl groups excluding tert-OH is 1. The summed E-state index contributed by atoms with van der Waals surface area (Å²) >= 11 is 0. The Hall–Kier alpha value is -1.29. The van der Waals surface area contributed by atoms with Crippen LogP contribution in [0.15, 0.2) is 16.5 Å². The second-order valence-electron chi connectivity index (χ2n) is 5.46. The zero-order valence-corrected chi connectivity index (χ0v) is 11.5. The van der Waals surface area contributed by atoms with Gasteiger partial charge in [-0.1, -0.05) is 0 Å². The number of amides is 1. The summed E-state index contributed by atoms with van der Waals surface area (Å²) in [5, 5.41) is 11.9. The molecule has 1 amide bonds. The Morgan fingerprint density at radius 3 is 2.68 bits per heavy atom. The first kappa shape index (κ1) is 14.1. The van der Waals surface area contributed by atoms with Crippen molar-refractivity contribution in [3.8, 4) is 0 Å². The molecular weight excluding hydrogens is 242 g/mol. The summed E-state index contributed by atoms with van der Waals surface area (Å²) in [4.78, 5) is 12.0. The minimum Gasteiger partial charge on any atom is -0.465 e. The summed E-state index contributed by atoms with van der Waals surface area (Å²) in [5.41, 5.74) is 0. The van der Waals surface area contributed by atoms with Crippen LogP contribution in [0, 0.1) is 18.8 Å². The van der Waals surface area contributed by atoms with Crippen molar-refractivity contribution in [1.29, 1.82) is 0 Å². The largest absolute Gasteiger partial charge is 0.465 e. The molecule has 1 aliphatic rings. The lowest BCUT2D eigenvalue weighted by Crippen LogP contribution is -2.32. The fourth-order valence-electron chi connectivity index (χ4n) is 2.79. The summed E-state index contributed by atoms with van der Waals surface area (Å²) < 4.78 is 5.43. The molecule has 19 heavy (non-hydrogen) atoms. The van der Waals surface area contributed by atoms with Gasteiger partial charge in [-0.15, -0.1) is 0 Å². The Kier molecular flexibility index (Phi) is 5.02. The average molecular weight is 265 g/mol. The number of aliphatic hydroxyl groups is 1. The number of carbonyl (C=O) groups is 1. The molecule has 2 rings (SSSR count). The van der Waals surface area contributed by atoms with Crippen LogP contribution in [0.25, 0.3) is 0 Å². The standard InChI is InChI=1S/C15H23NO3/c1-11-2-7-14(19-11)10-16-15(18)13-5-3-12(4-6-13)8-9-17/h2,7,12-13,17H,3-6,8-10H2,1H3,(H,16,18). The van der Waals surface area contributed by atoms with E-state index in [9.17, 15) is 4.79 Å². The number of carbonyl (C=O) groups excluding carboxylic acids is 1. The Morgan fingerprint density at radius 1 is 1.37 bits per heavy atom. The smallest absolute Gasteiger partial charge is 0.223 e. The molecule has 1 aromatic heterocycles. The number of furan rings is 1. The molecule has 4 heteroatoms. The van der Waals surface area contributed by atoms with E-state index in [1.807, 2.05) is 19.1 Å². The van der Waals surface area contributed by atoms with Gasteiger partial charge in [0, 0.05) is 12.5 Å². The SMILES string of the molecule is Cc1ccc(CNC(=O)C2CCC(CCO)CC2)o1. The number of aryl methyl sites for hydroxylation is 1. The van der Waals surface area contributed by atoms with Gasteiger partial charge in [0.2, 0.25) is 5.91 Å². The number of hydrogen-bond donors (Lipinski definition) is 2. The predicted octanol–water partition coefficient (Wildman–Crippen LogP) is 2.39. The van der Waals surface area contributed by atoms with Crippen LogP contribution in [-0.4, -0.2) is 17.6 Å². The number of hydrogen-bond acceptors (Lipinski definition) is 3. The second-order valence-corrected chi connectivity index (χ2v) is 5.46. The molecule has 4 nitrogen and oxygen atoms in total. The number of rotatable bonds is 5. The fraction of sp³-hybridized carbons (Fsp3) is 0.667. The van der Waals surface area contributed by atoms with Gasteiger partial charge < -0.3 is 14.8 Å². The van der Waals surface area contributed by atoms with Crippen LogP contribution in [0.3, 0.4) is 0 Å². The average Bonchev–Trinajstić information content (AvgIpc) is 2.83. The van der Waals surface area contributed by atoms with Gasteiger partial charge in [0.1, 0.15) is 11.5 Å². The molecule has 1 aliphatic carbocycles. The highest BCUT2D eigenvalue weighted by Crippen LogP contribution is 2.30. The molecule has 0 spiro atoms. The van der Waals surface area contributed by atoms with E-state index in [4.69, 9.17) is 9.52 Å². The first-order valence-corrected chi connectivity index (χ1v) is 7.13. The highest BCUT2D eigenvalue weighted by Gasteiger charge is 2.25. The van der Waals surface area contributed by atoms with Gasteiger partial charge in [0.15, 0.2) is 0 Å². The molecule has 1 heterocycles. The van der Waals surface area contributed by atoms with Crippen molar-refractivity contribution in [3.63, 3.8) is 0 Å². The van der Waals surface area contributed by atoms with E-state index in [2.05, 4.69) is 5.32 Å². The van der Waals surface area contributed by atoms with Crippen molar-refractivity contribution in [3.05, 3.63) is 23.7 Å². The monoisotopic (exact) mass is 265 g/mol. The van der Waals surface area contributed by atoms with Crippen molar-refractivity contribution in [2.24, 2.45) is 11.8 Å². The van der Waals surface area contributed by atoms with Crippen LogP contribution in [0.5, 0.6) is 0 Å². The molecule has 1 fully saturated rings. The van der Waals surface area contributed by atoms with E-state index in [1.54, 1.807) is 0 Å². The molecule has 106 valence electrons. The van der Waals surface area contributed by atoms with Gasteiger partial charge >= 0.3 is 0 Å². The van der Waals surface area contributed by atoms with E-state index < -0.39 is 0 Å². The van der Waals surface area contributed by atoms with Gasteiger partial charge in [-0.2, -0.15) is 0 Å². The fourth-order valence-corrected chi connectivity index (χ4v) is 2.79. The highest BCUT2D eigenvalue weighted by molar-refractivity contribution is 5.78. The Balaban J connectivity index is 1.72. The third kappa shape index (κ3) is 4.10. The van der Waals surface area contributed by atoms with Crippen molar-refractivity contribution >= 4 is 5.91 Å². The van der Waals surface area contributed by atoms with Crippen LogP contribution < -0.4 is 5.32 Å². The van der Waals surface area contributed by atoms with Crippen LogP contribution in [0.1, 0.15) is 43.6 Å². The maximum Gasteiger partial charge on any atom is 0.223 e. The van der Waals surface area contributed by atoms with E-state index in [-0.39, 0.29) is 18.4 Å². The van der Waals surface area contributed by atoms with Crippen LogP contribution in [0.4, 0.5) is 0 Å². The van der Waals surface area contributed by atoms with E-state index in [1.165, 1.54) is 0 Å². The van der Waals surface area contributed by atoms with Crippen LogP contribution >= 0.6 is 0 Å². The van der Waals surface area contributed by atoms with Crippen molar-refractivity contribution in [1.82, 2.24) is 5.32 Å². The van der Waals surface area contributed by atoms with Crippen molar-refractivity contribution < 1.29 is 14.3 Å². The Bertz CT molecular complexity index is 405. The lowest BCUT2D eigenvalue weighted by molar-refractivity contribution is -0.126. The topological polar surface area (TPSA) is 62.5 Å². The summed E-state index contributed by atoms with van der Waals surface area (Å²) in [6.07, 6.45) is 4.86. The Labute approximate surface area is 114 Å². The normalized spacial score (nSPS) is 23.3. The Morgan fingerprint density at radius 2 is 2.11 bits per heavy atom. The second kappa shape index (κ2) is 6.75. The minimum atomic E-state index is 0.131. The molecule has 0 radical (unpaired) electrons. The van der Waals surface area contributed by atoms with Crippen molar-refractivity contribution in [2.75, 3.05) is 6.61 Å². The van der Waals surface area contributed by atoms with E-state index in [0.717, 1.165) is 43.6 Å². The molecule has 0 saturated heterocycles. The lowest BCUT2D eigenvalue weighted by Gasteiger charge is -2.27. The molecule has 0 aliphatic heterocycles. The summed E-state index contributed by atoms with van der Waals surface area (Å²) in [6.45, 7) is 2.64. The zero-order chi connectivity index (χ0) is 13.7. The van der Waals surface area contributed by atoms with Gasteiger partial charge in [0.05, 0.1) is 6.54 Å².